The first-order valence-electron chi connectivity index (χ1n) is 6.90. The van der Waals surface area contributed by atoms with E-state index >= 15 is 0 Å². The van der Waals surface area contributed by atoms with Crippen LogP contribution in [0.5, 0.6) is 17.2 Å². The molecule has 26 heavy (non-hydrogen) atoms. The molecule has 0 saturated heterocycles. The Balaban J connectivity index is 0.00000338. The van der Waals surface area contributed by atoms with E-state index < -0.39 is 12.0 Å². The minimum absolute atomic E-state index is 0. The summed E-state index contributed by atoms with van der Waals surface area (Å²) in [5.41, 5.74) is 6.77. The summed E-state index contributed by atoms with van der Waals surface area (Å²) in [7, 11) is 1.33. The molecule has 1 unspecified atom stereocenters. The zero-order valence-electron chi connectivity index (χ0n) is 13.3. The van der Waals surface area contributed by atoms with E-state index in [0.717, 1.165) is 25.6 Å². The van der Waals surface area contributed by atoms with Crippen LogP contribution in [0.15, 0.2) is 24.3 Å². The number of rotatable bonds is 5. The smallest absolute Gasteiger partial charge is 0.322 e. The number of halogens is 5. The summed E-state index contributed by atoms with van der Waals surface area (Å²) < 4.78 is 14.0. The largest absolute Gasteiger partial charge is 0.506 e. The van der Waals surface area contributed by atoms with Crippen LogP contribution in [0.1, 0.15) is 5.56 Å². The Morgan fingerprint density at radius 1 is 1.08 bits per heavy atom. The number of hydrogen-bond acceptors (Lipinski definition) is 5. The maximum Gasteiger partial charge on any atom is 0.322 e. The molecule has 3 N–H and O–H groups in total. The Morgan fingerprint density at radius 3 is 2.04 bits per heavy atom. The Hall–Kier alpha value is 0.680. The first kappa shape index (κ1) is 24.7. The number of benzene rings is 2. The Labute approximate surface area is 212 Å². The minimum atomic E-state index is -0.691. The lowest BCUT2D eigenvalue weighted by Gasteiger charge is -2.15. The summed E-state index contributed by atoms with van der Waals surface area (Å²) in [6.07, 6.45) is 0.397. The number of carbonyl (C=O) groups is 1. The molecular weight excluding hydrogens is 813 g/mol. The van der Waals surface area contributed by atoms with E-state index in [4.69, 9.17) is 10.5 Å². The molecule has 0 aromatic heterocycles. The number of phenols is 1. The van der Waals surface area contributed by atoms with Gasteiger partial charge < -0.3 is 20.3 Å². The lowest BCUT2D eigenvalue weighted by atomic mass is 10.1. The van der Waals surface area contributed by atoms with Gasteiger partial charge in [-0.15, -0.1) is 12.4 Å². The van der Waals surface area contributed by atoms with Crippen molar-refractivity contribution < 1.29 is 19.4 Å². The van der Waals surface area contributed by atoms with E-state index in [-0.39, 0.29) is 18.2 Å². The van der Waals surface area contributed by atoms with Crippen molar-refractivity contribution in [2.45, 2.75) is 12.5 Å². The first-order valence-corrected chi connectivity index (χ1v) is 11.2. The first-order chi connectivity index (χ1) is 11.7. The number of aromatic hydroxyl groups is 1. The second-order valence-electron chi connectivity index (χ2n) is 5.06. The fourth-order valence-electron chi connectivity index (χ4n) is 2.04. The summed E-state index contributed by atoms with van der Waals surface area (Å²) in [6.45, 7) is 0. The van der Waals surface area contributed by atoms with Gasteiger partial charge in [-0.05, 0) is 127 Å². The zero-order chi connectivity index (χ0) is 18.7. The van der Waals surface area contributed by atoms with Crippen LogP contribution in [0.2, 0.25) is 0 Å². The van der Waals surface area contributed by atoms with Crippen LogP contribution in [-0.2, 0) is 16.0 Å². The van der Waals surface area contributed by atoms with Gasteiger partial charge in [-0.1, -0.05) is 0 Å². The van der Waals surface area contributed by atoms with Gasteiger partial charge in [-0.2, -0.15) is 0 Å². The van der Waals surface area contributed by atoms with Gasteiger partial charge in [0.1, 0.15) is 17.5 Å². The van der Waals surface area contributed by atoms with E-state index in [1.165, 1.54) is 7.11 Å². The molecule has 2 aromatic carbocycles. The fraction of sp³-hybridized carbons (Fsp3) is 0.188. The number of ether oxygens (including phenoxy) is 2. The molecule has 5 nitrogen and oxygen atoms in total. The second kappa shape index (κ2) is 11.0. The molecule has 0 bridgehead atoms. The summed E-state index contributed by atoms with van der Waals surface area (Å²) in [4.78, 5) is 11.5. The number of carbonyl (C=O) groups excluding carboxylic acids is 1. The van der Waals surface area contributed by atoms with Crippen molar-refractivity contribution in [3.63, 3.8) is 0 Å². The Kier molecular flexibility index (Phi) is 10.5. The van der Waals surface area contributed by atoms with Crippen molar-refractivity contribution >= 4 is 109 Å². The molecule has 2 aromatic rings. The Morgan fingerprint density at radius 2 is 1.58 bits per heavy atom. The summed E-state index contributed by atoms with van der Waals surface area (Å²) in [5.74, 6) is 1.21. The molecule has 0 amide bonds. The van der Waals surface area contributed by atoms with Crippen LogP contribution in [0.25, 0.3) is 0 Å². The highest BCUT2D eigenvalue weighted by atomic mass is 127. The minimum Gasteiger partial charge on any atom is -0.506 e. The second-order valence-corrected chi connectivity index (χ2v) is 9.71. The quantitative estimate of drug-likeness (QED) is 0.326. The summed E-state index contributed by atoms with van der Waals surface area (Å²) in [5, 5.41) is 9.87. The normalized spacial score (nSPS) is 11.5. The van der Waals surface area contributed by atoms with Gasteiger partial charge in [-0.25, -0.2) is 0 Å². The molecule has 0 heterocycles. The van der Waals surface area contributed by atoms with Gasteiger partial charge >= 0.3 is 5.97 Å². The van der Waals surface area contributed by atoms with E-state index in [1.807, 2.05) is 12.1 Å². The Bertz CT molecular complexity index is 773. The fourth-order valence-corrected chi connectivity index (χ4v) is 5.86. The van der Waals surface area contributed by atoms with Crippen LogP contribution >= 0.6 is 103 Å². The van der Waals surface area contributed by atoms with Gasteiger partial charge in [-0.3, -0.25) is 4.79 Å². The summed E-state index contributed by atoms with van der Waals surface area (Å²) in [6, 6.07) is 6.76. The highest BCUT2D eigenvalue weighted by molar-refractivity contribution is 14.1. The van der Waals surface area contributed by atoms with E-state index in [2.05, 4.69) is 95.1 Å². The molecule has 10 heteroatoms. The van der Waals surface area contributed by atoms with Crippen molar-refractivity contribution in [3.05, 3.63) is 44.1 Å². The van der Waals surface area contributed by atoms with E-state index in [0.29, 0.717) is 12.2 Å². The molecule has 0 radical (unpaired) electrons. The highest BCUT2D eigenvalue weighted by Crippen LogP contribution is 2.36. The van der Waals surface area contributed by atoms with Crippen molar-refractivity contribution in [2.24, 2.45) is 5.73 Å². The average Bonchev–Trinajstić information content (AvgIpc) is 2.55. The van der Waals surface area contributed by atoms with E-state index in [9.17, 15) is 9.90 Å². The third kappa shape index (κ3) is 6.35. The molecule has 2 rings (SSSR count). The number of phenolic OH excluding ortho intramolecular Hbond substituents is 1. The van der Waals surface area contributed by atoms with Crippen LogP contribution in [0.4, 0.5) is 0 Å². The maximum absolute atomic E-state index is 11.5. The van der Waals surface area contributed by atoms with E-state index in [1.54, 1.807) is 12.1 Å². The van der Waals surface area contributed by atoms with Gasteiger partial charge in [0.15, 0.2) is 5.75 Å². The van der Waals surface area contributed by atoms with Crippen molar-refractivity contribution in [2.75, 3.05) is 7.11 Å². The lowest BCUT2D eigenvalue weighted by Crippen LogP contribution is -2.33. The zero-order valence-corrected chi connectivity index (χ0v) is 22.7. The lowest BCUT2D eigenvalue weighted by molar-refractivity contribution is -0.142. The average molecular weight is 827 g/mol. The molecule has 0 aliphatic rings. The van der Waals surface area contributed by atoms with Gasteiger partial charge in [0, 0.05) is 0 Å². The number of esters is 1. The molecule has 0 aliphatic heterocycles. The van der Waals surface area contributed by atoms with Crippen LogP contribution in [0.3, 0.4) is 0 Å². The van der Waals surface area contributed by atoms with Gasteiger partial charge in [0.2, 0.25) is 0 Å². The van der Waals surface area contributed by atoms with Crippen molar-refractivity contribution in [1.82, 2.24) is 0 Å². The SMILES string of the molecule is COC(=O)C(N)Cc1cc(I)c(Oc2cc(I)c(O)c(I)c2)c(I)c1.Cl. The van der Waals surface area contributed by atoms with Gasteiger partial charge in [0.25, 0.3) is 0 Å². The third-order valence-electron chi connectivity index (χ3n) is 3.23. The number of methoxy groups -OCH3 is 1. The predicted octanol–water partition coefficient (Wildman–Crippen LogP) is 5.07. The van der Waals surface area contributed by atoms with Crippen molar-refractivity contribution in [1.29, 1.82) is 0 Å². The summed E-state index contributed by atoms with van der Waals surface area (Å²) >= 11 is 8.53. The standard InChI is InChI=1S/C16H13I4NO4.ClH/c1-24-16(23)13(21)4-7-2-11(19)15(12(20)3-7)25-8-5-9(17)14(22)10(18)6-8;/h2-3,5-6,13,22H,4,21H2,1H3;1H. The third-order valence-corrected chi connectivity index (χ3v) is 6.48. The van der Waals surface area contributed by atoms with Crippen LogP contribution < -0.4 is 10.5 Å². The monoisotopic (exact) mass is 827 g/mol. The van der Waals surface area contributed by atoms with Crippen LogP contribution in [0, 0.1) is 14.3 Å². The molecule has 1 atom stereocenters. The molecule has 0 aliphatic carbocycles. The molecule has 142 valence electrons. The predicted molar refractivity (Wildman–Crippen MR) is 136 cm³/mol. The molecule has 0 saturated carbocycles. The molecular formula is C16H14ClI4NO4. The maximum atomic E-state index is 11.5. The number of hydrogen-bond donors (Lipinski definition) is 2. The molecule has 0 spiro atoms. The molecule has 0 fully saturated rings. The topological polar surface area (TPSA) is 81.8 Å². The van der Waals surface area contributed by atoms with Crippen LogP contribution in [-0.4, -0.2) is 24.2 Å². The van der Waals surface area contributed by atoms with Gasteiger partial charge in [0.05, 0.1) is 21.4 Å². The highest BCUT2D eigenvalue weighted by Gasteiger charge is 2.17. The van der Waals surface area contributed by atoms with Crippen molar-refractivity contribution in [3.8, 4) is 17.2 Å². The number of nitrogens with two attached hydrogens (primary N) is 1.